The zero-order valence-corrected chi connectivity index (χ0v) is 10.3. The molecule has 0 aliphatic carbocycles. The molecule has 0 radical (unpaired) electrons. The molecule has 0 unspecified atom stereocenters. The van der Waals surface area contributed by atoms with Gasteiger partial charge in [0.05, 0.1) is 0 Å². The Kier molecular flexibility index (Phi) is 3.83. The van der Waals surface area contributed by atoms with Crippen LogP contribution in [0.2, 0.25) is 0 Å². The van der Waals surface area contributed by atoms with Crippen LogP contribution in [0.3, 0.4) is 0 Å². The Balaban J connectivity index is 1.89. The molecule has 2 heteroatoms. The summed E-state index contributed by atoms with van der Waals surface area (Å²) in [4.78, 5) is 2.54. The van der Waals surface area contributed by atoms with Gasteiger partial charge >= 0.3 is 0 Å². The third kappa shape index (κ3) is 2.99. The lowest BCUT2D eigenvalue weighted by molar-refractivity contribution is 0.243. The highest BCUT2D eigenvalue weighted by Crippen LogP contribution is 2.14. The Morgan fingerprint density at radius 2 is 2.06 bits per heavy atom. The number of nitrogens with one attached hydrogen (secondary N) is 1. The lowest BCUT2D eigenvalue weighted by Gasteiger charge is -2.28. The molecule has 88 valence electrons. The third-order valence-corrected chi connectivity index (χ3v) is 3.38. The quantitative estimate of drug-likeness (QED) is 0.783. The number of piperidine rings is 1. The average molecular weight is 218 g/mol. The minimum atomic E-state index is 0.939. The van der Waals surface area contributed by atoms with E-state index in [1.165, 1.54) is 49.2 Å². The number of dihydropyridines is 1. The fourth-order valence-electron chi connectivity index (χ4n) is 2.29. The standard InChI is InChI=1S/C14H22N2/c1-12(2)13-6-7-14(15-10-13)11-16-8-4-3-5-9-16/h6-7,15H,1,3-5,8-11H2,2H3. The van der Waals surface area contributed by atoms with E-state index in [1.54, 1.807) is 0 Å². The molecule has 0 aromatic heterocycles. The highest BCUT2D eigenvalue weighted by molar-refractivity contribution is 5.36. The molecule has 0 spiro atoms. The molecule has 2 nitrogen and oxygen atoms in total. The van der Waals surface area contributed by atoms with Crippen molar-refractivity contribution in [3.63, 3.8) is 0 Å². The fraction of sp³-hybridized carbons (Fsp3) is 0.571. The van der Waals surface area contributed by atoms with Gasteiger partial charge in [0, 0.05) is 18.8 Å². The Bertz CT molecular complexity index is 320. The first kappa shape index (κ1) is 11.5. The van der Waals surface area contributed by atoms with E-state index in [1.807, 2.05) is 0 Å². The Hall–Kier alpha value is -1.02. The van der Waals surface area contributed by atoms with E-state index in [9.17, 15) is 0 Å². The van der Waals surface area contributed by atoms with Gasteiger partial charge in [0.25, 0.3) is 0 Å². The van der Waals surface area contributed by atoms with Crippen LogP contribution in [0, 0.1) is 0 Å². The van der Waals surface area contributed by atoms with Gasteiger partial charge in [-0.3, -0.25) is 4.90 Å². The predicted octanol–water partition coefficient (Wildman–Crippen LogP) is 2.46. The first-order valence-corrected chi connectivity index (χ1v) is 6.27. The summed E-state index contributed by atoms with van der Waals surface area (Å²) in [5, 5.41) is 3.49. The highest BCUT2D eigenvalue weighted by atomic mass is 15.1. The van der Waals surface area contributed by atoms with Crippen LogP contribution in [-0.4, -0.2) is 31.1 Å². The van der Waals surface area contributed by atoms with Crippen LogP contribution in [0.5, 0.6) is 0 Å². The average Bonchev–Trinajstić information content (AvgIpc) is 2.31. The molecule has 1 saturated heterocycles. The van der Waals surface area contributed by atoms with Crippen LogP contribution < -0.4 is 5.32 Å². The second kappa shape index (κ2) is 5.35. The lowest BCUT2D eigenvalue weighted by Crippen LogP contribution is -2.35. The Labute approximate surface area is 98.7 Å². The van der Waals surface area contributed by atoms with Crippen LogP contribution in [0.25, 0.3) is 0 Å². The first-order chi connectivity index (χ1) is 7.75. The van der Waals surface area contributed by atoms with Crippen LogP contribution >= 0.6 is 0 Å². The molecule has 0 amide bonds. The van der Waals surface area contributed by atoms with Gasteiger partial charge in [-0.15, -0.1) is 0 Å². The van der Waals surface area contributed by atoms with Gasteiger partial charge in [0.1, 0.15) is 0 Å². The second-order valence-corrected chi connectivity index (χ2v) is 4.85. The molecule has 0 atom stereocenters. The van der Waals surface area contributed by atoms with Crippen LogP contribution in [0.15, 0.2) is 35.6 Å². The highest BCUT2D eigenvalue weighted by Gasteiger charge is 2.13. The largest absolute Gasteiger partial charge is 0.383 e. The molecule has 0 aromatic rings. The number of allylic oxidation sites excluding steroid dienone is 2. The van der Waals surface area contributed by atoms with Gasteiger partial charge in [0.2, 0.25) is 0 Å². The molecule has 1 N–H and O–H groups in total. The summed E-state index contributed by atoms with van der Waals surface area (Å²) in [6.45, 7) is 10.6. The topological polar surface area (TPSA) is 15.3 Å². The zero-order chi connectivity index (χ0) is 11.4. The predicted molar refractivity (Wildman–Crippen MR) is 69.3 cm³/mol. The number of nitrogens with zero attached hydrogens (tertiary/aromatic N) is 1. The molecule has 2 heterocycles. The number of hydrogen-bond donors (Lipinski definition) is 1. The Morgan fingerprint density at radius 3 is 2.62 bits per heavy atom. The van der Waals surface area contributed by atoms with E-state index >= 15 is 0 Å². The van der Waals surface area contributed by atoms with Gasteiger partial charge in [-0.1, -0.05) is 24.6 Å². The van der Waals surface area contributed by atoms with E-state index in [0.29, 0.717) is 0 Å². The maximum atomic E-state index is 3.97. The van der Waals surface area contributed by atoms with Crippen molar-refractivity contribution in [3.8, 4) is 0 Å². The van der Waals surface area contributed by atoms with Crippen molar-refractivity contribution in [3.05, 3.63) is 35.6 Å². The molecule has 16 heavy (non-hydrogen) atoms. The second-order valence-electron chi connectivity index (χ2n) is 4.85. The molecular formula is C14H22N2. The van der Waals surface area contributed by atoms with Crippen LogP contribution in [0.4, 0.5) is 0 Å². The SMILES string of the molecule is C=C(C)C1=CC=C(CN2CCCCC2)NC1. The minimum absolute atomic E-state index is 0.939. The van der Waals surface area contributed by atoms with E-state index in [-0.39, 0.29) is 0 Å². The maximum Gasteiger partial charge on any atom is 0.0400 e. The molecular weight excluding hydrogens is 196 g/mol. The molecule has 2 aliphatic heterocycles. The summed E-state index contributed by atoms with van der Waals surface area (Å²) in [5.74, 6) is 0. The number of hydrogen-bond acceptors (Lipinski definition) is 2. The van der Waals surface area contributed by atoms with Crippen molar-refractivity contribution in [2.75, 3.05) is 26.2 Å². The van der Waals surface area contributed by atoms with Crippen molar-refractivity contribution in [2.24, 2.45) is 0 Å². The molecule has 1 fully saturated rings. The summed E-state index contributed by atoms with van der Waals surface area (Å²) >= 11 is 0. The van der Waals surface area contributed by atoms with Crippen molar-refractivity contribution >= 4 is 0 Å². The summed E-state index contributed by atoms with van der Waals surface area (Å²) in [6.07, 6.45) is 8.54. The van der Waals surface area contributed by atoms with Gasteiger partial charge in [-0.2, -0.15) is 0 Å². The monoisotopic (exact) mass is 218 g/mol. The molecule has 0 aromatic carbocycles. The van der Waals surface area contributed by atoms with Crippen molar-refractivity contribution < 1.29 is 0 Å². The normalized spacial score (nSPS) is 22.1. The smallest absolute Gasteiger partial charge is 0.0400 e. The van der Waals surface area contributed by atoms with E-state index in [0.717, 1.165) is 13.1 Å². The zero-order valence-electron chi connectivity index (χ0n) is 10.3. The van der Waals surface area contributed by atoms with Gasteiger partial charge in [0.15, 0.2) is 0 Å². The minimum Gasteiger partial charge on any atom is -0.383 e. The fourth-order valence-corrected chi connectivity index (χ4v) is 2.29. The van der Waals surface area contributed by atoms with E-state index in [2.05, 4.69) is 35.9 Å². The van der Waals surface area contributed by atoms with Crippen LogP contribution in [0.1, 0.15) is 26.2 Å². The maximum absolute atomic E-state index is 3.97. The molecule has 0 saturated carbocycles. The Morgan fingerprint density at radius 1 is 1.31 bits per heavy atom. The summed E-state index contributed by atoms with van der Waals surface area (Å²) in [7, 11) is 0. The summed E-state index contributed by atoms with van der Waals surface area (Å²) < 4.78 is 0. The van der Waals surface area contributed by atoms with Gasteiger partial charge in [-0.25, -0.2) is 0 Å². The molecule has 2 aliphatic rings. The van der Waals surface area contributed by atoms with Crippen molar-refractivity contribution in [1.82, 2.24) is 10.2 Å². The number of rotatable bonds is 3. The van der Waals surface area contributed by atoms with Gasteiger partial charge < -0.3 is 5.32 Å². The molecule has 0 bridgehead atoms. The third-order valence-electron chi connectivity index (χ3n) is 3.38. The summed E-state index contributed by atoms with van der Waals surface area (Å²) in [5.41, 5.74) is 3.84. The van der Waals surface area contributed by atoms with Crippen molar-refractivity contribution in [1.29, 1.82) is 0 Å². The first-order valence-electron chi connectivity index (χ1n) is 6.27. The summed E-state index contributed by atoms with van der Waals surface area (Å²) in [6, 6.07) is 0. The number of likely N-dealkylation sites (tertiary alicyclic amines) is 1. The molecule has 2 rings (SSSR count). The van der Waals surface area contributed by atoms with Crippen molar-refractivity contribution in [2.45, 2.75) is 26.2 Å². The lowest BCUT2D eigenvalue weighted by atomic mass is 10.1. The van der Waals surface area contributed by atoms with Crippen LogP contribution in [-0.2, 0) is 0 Å². The van der Waals surface area contributed by atoms with Gasteiger partial charge in [-0.05, 0) is 44.5 Å². The van der Waals surface area contributed by atoms with E-state index < -0.39 is 0 Å². The van der Waals surface area contributed by atoms with E-state index in [4.69, 9.17) is 0 Å².